The lowest BCUT2D eigenvalue weighted by atomic mass is 10.4. The van der Waals surface area contributed by atoms with Gasteiger partial charge in [-0.25, -0.2) is 9.97 Å². The van der Waals surface area contributed by atoms with Crippen LogP contribution in [0.2, 0.25) is 0 Å². The summed E-state index contributed by atoms with van der Waals surface area (Å²) < 4.78 is 1.06. The fourth-order valence-electron chi connectivity index (χ4n) is 1.41. The summed E-state index contributed by atoms with van der Waals surface area (Å²) >= 11 is 5.01. The number of rotatable bonds is 5. The van der Waals surface area contributed by atoms with E-state index < -0.39 is 0 Å². The number of aromatic nitrogens is 2. The molecular formula is C11H13BrN4OS. The van der Waals surface area contributed by atoms with Crippen LogP contribution in [0.25, 0.3) is 0 Å². The standard InChI is InChI=1S/C11H13BrN4OS/c1-7-14-9(13-4-5-17)6-10(15-7)16-11-3-2-8(12)18-11/h2-3,6,17H,4-5H2,1H3,(H2,13,14,15,16). The van der Waals surface area contributed by atoms with Gasteiger partial charge in [0.25, 0.3) is 0 Å². The van der Waals surface area contributed by atoms with Gasteiger partial charge in [-0.1, -0.05) is 0 Å². The van der Waals surface area contributed by atoms with Crippen LogP contribution in [0.3, 0.4) is 0 Å². The molecule has 0 aromatic carbocycles. The zero-order chi connectivity index (χ0) is 13.0. The van der Waals surface area contributed by atoms with Crippen molar-refractivity contribution in [3.8, 4) is 0 Å². The van der Waals surface area contributed by atoms with Crippen molar-refractivity contribution in [2.24, 2.45) is 0 Å². The lowest BCUT2D eigenvalue weighted by molar-refractivity contribution is 0.311. The van der Waals surface area contributed by atoms with Crippen molar-refractivity contribution in [1.82, 2.24) is 9.97 Å². The van der Waals surface area contributed by atoms with E-state index in [0.717, 1.165) is 14.6 Å². The molecule has 0 spiro atoms. The summed E-state index contributed by atoms with van der Waals surface area (Å²) in [5, 5.41) is 16.0. The Bertz CT molecular complexity index is 532. The molecule has 2 rings (SSSR count). The predicted molar refractivity (Wildman–Crippen MR) is 77.6 cm³/mol. The first-order chi connectivity index (χ1) is 8.67. The largest absolute Gasteiger partial charge is 0.395 e. The Morgan fingerprint density at radius 3 is 2.78 bits per heavy atom. The molecule has 0 saturated heterocycles. The zero-order valence-electron chi connectivity index (χ0n) is 9.77. The van der Waals surface area contributed by atoms with Crippen LogP contribution in [0.15, 0.2) is 22.0 Å². The Labute approximate surface area is 117 Å². The highest BCUT2D eigenvalue weighted by Crippen LogP contribution is 2.29. The van der Waals surface area contributed by atoms with Crippen molar-refractivity contribution >= 4 is 43.9 Å². The third-order valence-electron chi connectivity index (χ3n) is 2.08. The van der Waals surface area contributed by atoms with Gasteiger partial charge in [0.1, 0.15) is 17.5 Å². The summed E-state index contributed by atoms with van der Waals surface area (Å²) in [4.78, 5) is 8.55. The SMILES string of the molecule is Cc1nc(NCCO)cc(Nc2ccc(Br)s2)n1. The van der Waals surface area contributed by atoms with Crippen LogP contribution in [0.1, 0.15) is 5.82 Å². The van der Waals surface area contributed by atoms with Gasteiger partial charge in [-0.15, -0.1) is 11.3 Å². The average Bonchev–Trinajstić information content (AvgIpc) is 2.71. The number of hydrogen-bond acceptors (Lipinski definition) is 6. The number of halogens is 1. The molecule has 3 N–H and O–H groups in total. The molecular weight excluding hydrogens is 316 g/mol. The van der Waals surface area contributed by atoms with Crippen molar-refractivity contribution in [3.05, 3.63) is 27.8 Å². The lowest BCUT2D eigenvalue weighted by Crippen LogP contribution is -2.08. The van der Waals surface area contributed by atoms with Gasteiger partial charge < -0.3 is 15.7 Å². The summed E-state index contributed by atoms with van der Waals surface area (Å²) in [5.74, 6) is 2.11. The molecule has 96 valence electrons. The van der Waals surface area contributed by atoms with E-state index in [1.165, 1.54) is 0 Å². The molecule has 0 atom stereocenters. The van der Waals surface area contributed by atoms with Gasteiger partial charge in [0.05, 0.1) is 15.4 Å². The quantitative estimate of drug-likeness (QED) is 0.787. The van der Waals surface area contributed by atoms with Gasteiger partial charge in [0, 0.05) is 12.6 Å². The average molecular weight is 329 g/mol. The summed E-state index contributed by atoms with van der Waals surface area (Å²) in [5.41, 5.74) is 0. The minimum atomic E-state index is 0.0731. The second-order valence-electron chi connectivity index (χ2n) is 3.56. The molecule has 0 aliphatic heterocycles. The molecule has 2 aromatic rings. The Morgan fingerprint density at radius 2 is 2.11 bits per heavy atom. The van der Waals surface area contributed by atoms with Crippen LogP contribution in [-0.2, 0) is 0 Å². The van der Waals surface area contributed by atoms with Crippen LogP contribution in [0.4, 0.5) is 16.6 Å². The van der Waals surface area contributed by atoms with Crippen molar-refractivity contribution in [2.45, 2.75) is 6.92 Å². The van der Waals surface area contributed by atoms with Gasteiger partial charge in [-0.3, -0.25) is 0 Å². The summed E-state index contributed by atoms with van der Waals surface area (Å²) in [6.45, 7) is 2.38. The molecule has 7 heteroatoms. The maximum absolute atomic E-state index is 8.78. The van der Waals surface area contributed by atoms with Crippen LogP contribution >= 0.6 is 27.3 Å². The van der Waals surface area contributed by atoms with E-state index in [2.05, 4.69) is 36.5 Å². The number of aliphatic hydroxyl groups excluding tert-OH is 1. The molecule has 0 bridgehead atoms. The van der Waals surface area contributed by atoms with E-state index in [-0.39, 0.29) is 6.61 Å². The van der Waals surface area contributed by atoms with E-state index in [4.69, 9.17) is 5.11 Å². The molecule has 0 aliphatic carbocycles. The van der Waals surface area contributed by atoms with E-state index in [1.807, 2.05) is 25.1 Å². The second kappa shape index (κ2) is 6.12. The van der Waals surface area contributed by atoms with Crippen LogP contribution < -0.4 is 10.6 Å². The Kier molecular flexibility index (Phi) is 4.51. The second-order valence-corrected chi connectivity index (χ2v) is 6.03. The number of nitrogens with zero attached hydrogens (tertiary/aromatic N) is 2. The number of aryl methyl sites for hydroxylation is 1. The van der Waals surface area contributed by atoms with Gasteiger partial charge >= 0.3 is 0 Å². The molecule has 0 unspecified atom stereocenters. The van der Waals surface area contributed by atoms with E-state index in [1.54, 1.807) is 11.3 Å². The minimum absolute atomic E-state index is 0.0731. The molecule has 18 heavy (non-hydrogen) atoms. The van der Waals surface area contributed by atoms with Gasteiger partial charge in [0.2, 0.25) is 0 Å². The topological polar surface area (TPSA) is 70.1 Å². The lowest BCUT2D eigenvalue weighted by Gasteiger charge is -2.08. The van der Waals surface area contributed by atoms with Gasteiger partial charge in [-0.05, 0) is 35.0 Å². The molecule has 0 aliphatic rings. The number of nitrogens with one attached hydrogen (secondary N) is 2. The molecule has 2 aromatic heterocycles. The molecule has 0 saturated carbocycles. The van der Waals surface area contributed by atoms with E-state index in [9.17, 15) is 0 Å². The van der Waals surface area contributed by atoms with Gasteiger partial charge in [-0.2, -0.15) is 0 Å². The van der Waals surface area contributed by atoms with E-state index in [0.29, 0.717) is 18.2 Å². The summed E-state index contributed by atoms with van der Waals surface area (Å²) in [6, 6.07) is 5.77. The Morgan fingerprint density at radius 1 is 1.33 bits per heavy atom. The highest BCUT2D eigenvalue weighted by molar-refractivity contribution is 9.11. The first-order valence-electron chi connectivity index (χ1n) is 5.40. The number of thiophene rings is 1. The summed E-state index contributed by atoms with van der Waals surface area (Å²) in [7, 11) is 0. The fraction of sp³-hybridized carbons (Fsp3) is 0.273. The molecule has 2 heterocycles. The maximum atomic E-state index is 8.78. The smallest absolute Gasteiger partial charge is 0.136 e. The molecule has 0 fully saturated rings. The predicted octanol–water partition coefficient (Wildman–Crippen LogP) is 2.76. The Hall–Kier alpha value is -1.18. The van der Waals surface area contributed by atoms with Crippen molar-refractivity contribution in [1.29, 1.82) is 0 Å². The maximum Gasteiger partial charge on any atom is 0.136 e. The normalized spacial score (nSPS) is 10.4. The molecule has 0 radical (unpaired) electrons. The fourth-order valence-corrected chi connectivity index (χ4v) is 2.71. The number of hydrogen-bond donors (Lipinski definition) is 3. The van der Waals surface area contributed by atoms with Crippen molar-refractivity contribution in [2.75, 3.05) is 23.8 Å². The number of anilines is 3. The first kappa shape index (κ1) is 13.3. The van der Waals surface area contributed by atoms with Crippen molar-refractivity contribution < 1.29 is 5.11 Å². The first-order valence-corrected chi connectivity index (χ1v) is 7.01. The molecule has 0 amide bonds. The van der Waals surface area contributed by atoms with Crippen LogP contribution in [0.5, 0.6) is 0 Å². The highest BCUT2D eigenvalue weighted by Gasteiger charge is 2.03. The Balaban J connectivity index is 2.14. The van der Waals surface area contributed by atoms with E-state index >= 15 is 0 Å². The third kappa shape index (κ3) is 3.66. The summed E-state index contributed by atoms with van der Waals surface area (Å²) in [6.07, 6.45) is 0. The monoisotopic (exact) mass is 328 g/mol. The highest BCUT2D eigenvalue weighted by atomic mass is 79.9. The van der Waals surface area contributed by atoms with Gasteiger partial charge in [0.15, 0.2) is 0 Å². The third-order valence-corrected chi connectivity index (χ3v) is 3.62. The van der Waals surface area contributed by atoms with Crippen LogP contribution in [-0.4, -0.2) is 28.2 Å². The van der Waals surface area contributed by atoms with Crippen molar-refractivity contribution in [3.63, 3.8) is 0 Å². The molecule has 5 nitrogen and oxygen atoms in total. The minimum Gasteiger partial charge on any atom is -0.395 e. The zero-order valence-corrected chi connectivity index (χ0v) is 12.2. The van der Waals surface area contributed by atoms with Crippen LogP contribution in [0, 0.1) is 6.92 Å². The number of aliphatic hydroxyl groups is 1.